The van der Waals surface area contributed by atoms with Crippen molar-refractivity contribution in [2.75, 3.05) is 19.6 Å². The van der Waals surface area contributed by atoms with Crippen LogP contribution >= 0.6 is 11.3 Å². The molecule has 2 unspecified atom stereocenters. The second-order valence-corrected chi connectivity index (χ2v) is 8.16. The molecule has 3 heterocycles. The van der Waals surface area contributed by atoms with Gasteiger partial charge in [0.25, 0.3) is 5.91 Å². The number of rotatable bonds is 5. The van der Waals surface area contributed by atoms with Gasteiger partial charge in [0, 0.05) is 26.1 Å². The molecule has 0 aliphatic carbocycles. The molecule has 1 aromatic rings. The number of hydrogen-bond acceptors (Lipinski definition) is 4. The zero-order valence-corrected chi connectivity index (χ0v) is 15.7. The van der Waals surface area contributed by atoms with E-state index in [1.165, 1.54) is 11.3 Å². The molecule has 6 nitrogen and oxygen atoms in total. The summed E-state index contributed by atoms with van der Waals surface area (Å²) in [6, 6.07) is 3.29. The van der Waals surface area contributed by atoms with E-state index < -0.39 is 5.97 Å². The summed E-state index contributed by atoms with van der Waals surface area (Å²) in [5, 5.41) is 10.8. The number of hydrogen-bond donors (Lipinski definition) is 1. The fourth-order valence-electron chi connectivity index (χ4n) is 4.01. The zero-order chi connectivity index (χ0) is 18.5. The number of likely N-dealkylation sites (tertiary alicyclic amines) is 2. The first-order valence-corrected chi connectivity index (χ1v) is 10.3. The van der Waals surface area contributed by atoms with Crippen molar-refractivity contribution in [1.82, 2.24) is 9.80 Å². The lowest BCUT2D eigenvalue weighted by Gasteiger charge is -2.40. The van der Waals surface area contributed by atoms with Crippen LogP contribution in [0.25, 0.3) is 0 Å². The maximum Gasteiger partial charge on any atom is 0.303 e. The van der Waals surface area contributed by atoms with Crippen LogP contribution in [0.3, 0.4) is 0 Å². The second-order valence-electron chi connectivity index (χ2n) is 7.21. The highest BCUT2D eigenvalue weighted by atomic mass is 32.1. The lowest BCUT2D eigenvalue weighted by atomic mass is 9.92. The van der Waals surface area contributed by atoms with Crippen molar-refractivity contribution < 1.29 is 19.5 Å². The molecule has 0 saturated carbocycles. The van der Waals surface area contributed by atoms with Crippen LogP contribution in [0, 0.1) is 5.92 Å². The quantitative estimate of drug-likeness (QED) is 0.855. The Balaban J connectivity index is 1.66. The summed E-state index contributed by atoms with van der Waals surface area (Å²) in [6.07, 6.45) is 5.25. The van der Waals surface area contributed by atoms with E-state index in [0.29, 0.717) is 37.4 Å². The first-order chi connectivity index (χ1) is 12.6. The molecule has 0 aromatic carbocycles. The molecule has 2 fully saturated rings. The molecule has 1 aromatic heterocycles. The summed E-state index contributed by atoms with van der Waals surface area (Å²) < 4.78 is 0. The summed E-state index contributed by atoms with van der Waals surface area (Å²) >= 11 is 1.41. The Morgan fingerprint density at radius 2 is 2.00 bits per heavy atom. The highest BCUT2D eigenvalue weighted by molar-refractivity contribution is 7.12. The number of thiophene rings is 1. The molecule has 7 heteroatoms. The molecular formula is C19H26N2O4S. The van der Waals surface area contributed by atoms with Gasteiger partial charge in [-0.05, 0) is 55.9 Å². The Morgan fingerprint density at radius 1 is 1.15 bits per heavy atom. The number of carbonyl (C=O) groups is 3. The Bertz CT molecular complexity index is 646. The monoisotopic (exact) mass is 378 g/mol. The zero-order valence-electron chi connectivity index (χ0n) is 14.9. The van der Waals surface area contributed by atoms with Gasteiger partial charge in [0.15, 0.2) is 0 Å². The molecule has 3 rings (SSSR count). The van der Waals surface area contributed by atoms with E-state index in [-0.39, 0.29) is 30.2 Å². The fourth-order valence-corrected chi connectivity index (χ4v) is 4.69. The van der Waals surface area contributed by atoms with Crippen LogP contribution in [0.5, 0.6) is 0 Å². The third kappa shape index (κ3) is 4.44. The van der Waals surface area contributed by atoms with Crippen molar-refractivity contribution in [2.24, 2.45) is 5.92 Å². The van der Waals surface area contributed by atoms with Crippen LogP contribution in [0.15, 0.2) is 17.5 Å². The summed E-state index contributed by atoms with van der Waals surface area (Å²) in [4.78, 5) is 41.0. The normalized spacial score (nSPS) is 23.7. The molecule has 2 aliphatic heterocycles. The van der Waals surface area contributed by atoms with Crippen molar-refractivity contribution in [3.63, 3.8) is 0 Å². The Hall–Kier alpha value is -1.89. The molecule has 2 atom stereocenters. The highest BCUT2D eigenvalue weighted by Crippen LogP contribution is 2.26. The molecule has 26 heavy (non-hydrogen) atoms. The van der Waals surface area contributed by atoms with Crippen molar-refractivity contribution >= 4 is 29.1 Å². The molecule has 2 aliphatic rings. The van der Waals surface area contributed by atoms with Gasteiger partial charge in [-0.25, -0.2) is 0 Å². The number of nitrogens with zero attached hydrogens (tertiary/aromatic N) is 2. The van der Waals surface area contributed by atoms with Crippen molar-refractivity contribution in [2.45, 2.75) is 51.0 Å². The summed E-state index contributed by atoms with van der Waals surface area (Å²) in [6.45, 7) is 1.95. The first-order valence-electron chi connectivity index (χ1n) is 9.41. The van der Waals surface area contributed by atoms with Crippen molar-refractivity contribution in [1.29, 1.82) is 0 Å². The maximum atomic E-state index is 13.1. The largest absolute Gasteiger partial charge is 0.481 e. The van der Waals surface area contributed by atoms with Gasteiger partial charge in [0.05, 0.1) is 4.88 Å². The molecule has 1 N–H and O–H groups in total. The Kier molecular flexibility index (Phi) is 6.29. The molecule has 142 valence electrons. The lowest BCUT2D eigenvalue weighted by molar-refractivity contribution is -0.139. The summed E-state index contributed by atoms with van der Waals surface area (Å²) in [7, 11) is 0. The second kappa shape index (κ2) is 8.66. The number of amides is 2. The molecule has 0 spiro atoms. The lowest BCUT2D eigenvalue weighted by Crippen LogP contribution is -2.54. The average molecular weight is 378 g/mol. The van der Waals surface area contributed by atoms with Crippen LogP contribution < -0.4 is 0 Å². The smallest absolute Gasteiger partial charge is 0.303 e. The Morgan fingerprint density at radius 3 is 2.73 bits per heavy atom. The van der Waals surface area contributed by atoms with E-state index >= 15 is 0 Å². The first kappa shape index (κ1) is 18.9. The van der Waals surface area contributed by atoms with Crippen LogP contribution in [0.4, 0.5) is 0 Å². The van der Waals surface area contributed by atoms with Gasteiger partial charge in [-0.2, -0.15) is 0 Å². The standard InChI is InChI=1S/C19H26N2O4S/c22-17(23)9-8-14-5-3-10-20(13-14)18(24)15-6-1-2-11-21(15)19(25)16-7-4-12-26-16/h4,7,12,14-15H,1-3,5-6,8-11,13H2,(H,22,23). The van der Waals surface area contributed by atoms with Crippen LogP contribution in [-0.4, -0.2) is 58.4 Å². The molecule has 0 bridgehead atoms. The van der Waals surface area contributed by atoms with Gasteiger partial charge in [-0.3, -0.25) is 14.4 Å². The van der Waals surface area contributed by atoms with Crippen molar-refractivity contribution in [3.8, 4) is 0 Å². The molecule has 2 amide bonds. The van der Waals surface area contributed by atoms with Gasteiger partial charge in [-0.15, -0.1) is 11.3 Å². The van der Waals surface area contributed by atoms with Crippen molar-refractivity contribution in [3.05, 3.63) is 22.4 Å². The topological polar surface area (TPSA) is 77.9 Å². The van der Waals surface area contributed by atoms with Gasteiger partial charge >= 0.3 is 5.97 Å². The van der Waals surface area contributed by atoms with Gasteiger partial charge < -0.3 is 14.9 Å². The number of aliphatic carboxylic acids is 1. The third-order valence-electron chi connectivity index (χ3n) is 5.38. The van der Waals surface area contributed by atoms with Crippen LogP contribution in [0.2, 0.25) is 0 Å². The SMILES string of the molecule is O=C(O)CCC1CCCN(C(=O)C2CCCCN2C(=O)c2cccs2)C1. The minimum Gasteiger partial charge on any atom is -0.481 e. The predicted octanol–water partition coefficient (Wildman–Crippen LogP) is 2.85. The van der Waals surface area contributed by atoms with E-state index in [1.807, 2.05) is 22.4 Å². The molecule has 0 radical (unpaired) electrons. The number of carbonyl (C=O) groups excluding carboxylic acids is 2. The van der Waals surface area contributed by atoms with Gasteiger partial charge in [-0.1, -0.05) is 6.07 Å². The van der Waals surface area contributed by atoms with E-state index in [1.54, 1.807) is 4.90 Å². The Labute approximate surface area is 157 Å². The van der Waals surface area contributed by atoms with E-state index in [0.717, 1.165) is 25.7 Å². The third-order valence-corrected chi connectivity index (χ3v) is 6.24. The summed E-state index contributed by atoms with van der Waals surface area (Å²) in [5.41, 5.74) is 0. The summed E-state index contributed by atoms with van der Waals surface area (Å²) in [5.74, 6) is -0.547. The average Bonchev–Trinajstić information content (AvgIpc) is 3.20. The van der Waals surface area contributed by atoms with E-state index in [4.69, 9.17) is 5.11 Å². The molecule has 2 saturated heterocycles. The van der Waals surface area contributed by atoms with E-state index in [2.05, 4.69) is 0 Å². The molecular weight excluding hydrogens is 352 g/mol. The highest BCUT2D eigenvalue weighted by Gasteiger charge is 2.36. The van der Waals surface area contributed by atoms with Gasteiger partial charge in [0.2, 0.25) is 5.91 Å². The van der Waals surface area contributed by atoms with Crippen LogP contribution in [0.1, 0.15) is 54.6 Å². The predicted molar refractivity (Wildman–Crippen MR) is 99.2 cm³/mol. The number of piperidine rings is 2. The minimum atomic E-state index is -0.784. The number of carboxylic acids is 1. The van der Waals surface area contributed by atoms with Gasteiger partial charge in [0.1, 0.15) is 6.04 Å². The maximum absolute atomic E-state index is 13.1. The van der Waals surface area contributed by atoms with Crippen LogP contribution in [-0.2, 0) is 9.59 Å². The number of carboxylic acid groups (broad SMARTS) is 1. The van der Waals surface area contributed by atoms with E-state index in [9.17, 15) is 14.4 Å². The minimum absolute atomic E-state index is 0.0367. The fraction of sp³-hybridized carbons (Fsp3) is 0.632.